The molecule has 0 aromatic heterocycles. The van der Waals surface area contributed by atoms with Crippen molar-refractivity contribution < 1.29 is 13.9 Å². The van der Waals surface area contributed by atoms with Gasteiger partial charge in [0.2, 0.25) is 0 Å². The Balaban J connectivity index is 2.61. The Hall–Kier alpha value is -0.930. The minimum atomic E-state index is -0.390. The molecule has 0 heterocycles. The van der Waals surface area contributed by atoms with Crippen LogP contribution in [-0.4, -0.2) is 19.5 Å². The summed E-state index contributed by atoms with van der Waals surface area (Å²) in [5.41, 5.74) is 0.669. The molecule has 0 fully saturated rings. The van der Waals surface area contributed by atoms with Crippen LogP contribution in [0, 0.1) is 11.7 Å². The van der Waals surface area contributed by atoms with Gasteiger partial charge in [-0.25, -0.2) is 4.39 Å². The first-order chi connectivity index (χ1) is 8.04. The molecule has 1 unspecified atom stereocenters. The highest BCUT2D eigenvalue weighted by Crippen LogP contribution is 2.19. The van der Waals surface area contributed by atoms with E-state index < -0.39 is 5.82 Å². The summed E-state index contributed by atoms with van der Waals surface area (Å²) in [4.78, 5) is 11.8. The Morgan fingerprint density at radius 1 is 1.53 bits per heavy atom. The third-order valence-electron chi connectivity index (χ3n) is 2.68. The number of hydrogen-bond donors (Lipinski definition) is 0. The quantitative estimate of drug-likeness (QED) is 0.783. The van der Waals surface area contributed by atoms with Crippen molar-refractivity contribution in [3.05, 3.63) is 34.6 Å². The topological polar surface area (TPSA) is 26.3 Å². The van der Waals surface area contributed by atoms with E-state index in [9.17, 15) is 9.18 Å². The molecule has 0 aliphatic heterocycles. The first-order valence-corrected chi connectivity index (χ1v) is 5.88. The number of methoxy groups -OCH3 is 1. The second-order valence-corrected chi connectivity index (χ2v) is 4.47. The summed E-state index contributed by atoms with van der Waals surface area (Å²) < 4.78 is 17.7. The SMILES string of the molecule is COCCC(C)C(=O)Cc1ccc(F)cc1Cl. The second-order valence-electron chi connectivity index (χ2n) is 4.06. The molecule has 1 aromatic carbocycles. The van der Waals surface area contributed by atoms with Crippen LogP contribution in [0.25, 0.3) is 0 Å². The second kappa shape index (κ2) is 6.72. The molecule has 0 amide bonds. The summed E-state index contributed by atoms with van der Waals surface area (Å²) in [7, 11) is 1.61. The van der Waals surface area contributed by atoms with E-state index in [1.54, 1.807) is 13.2 Å². The molecule has 2 nitrogen and oxygen atoms in total. The minimum absolute atomic E-state index is 0.0731. The molecule has 1 aromatic rings. The maximum absolute atomic E-state index is 12.8. The van der Waals surface area contributed by atoms with Gasteiger partial charge in [0, 0.05) is 31.1 Å². The number of ether oxygens (including phenoxy) is 1. The molecule has 0 radical (unpaired) electrons. The van der Waals surface area contributed by atoms with Crippen molar-refractivity contribution in [1.82, 2.24) is 0 Å². The van der Waals surface area contributed by atoms with E-state index in [1.807, 2.05) is 6.92 Å². The Labute approximate surface area is 106 Å². The predicted molar refractivity (Wildman–Crippen MR) is 65.8 cm³/mol. The molecule has 17 heavy (non-hydrogen) atoms. The zero-order valence-corrected chi connectivity index (χ0v) is 10.8. The van der Waals surface area contributed by atoms with Crippen LogP contribution in [0.1, 0.15) is 18.9 Å². The van der Waals surface area contributed by atoms with Crippen LogP contribution < -0.4 is 0 Å². The lowest BCUT2D eigenvalue weighted by molar-refractivity contribution is -0.122. The van der Waals surface area contributed by atoms with E-state index in [1.165, 1.54) is 12.1 Å². The van der Waals surface area contributed by atoms with Gasteiger partial charge in [0.15, 0.2) is 0 Å². The van der Waals surface area contributed by atoms with Gasteiger partial charge >= 0.3 is 0 Å². The molecular weight excluding hydrogens is 243 g/mol. The van der Waals surface area contributed by atoms with Crippen molar-refractivity contribution in [1.29, 1.82) is 0 Å². The standard InChI is InChI=1S/C13H16ClFO2/c1-9(5-6-17-2)13(16)7-10-3-4-11(15)8-12(10)14/h3-4,8-9H,5-7H2,1-2H3. The van der Waals surface area contributed by atoms with Crippen molar-refractivity contribution in [2.24, 2.45) is 5.92 Å². The van der Waals surface area contributed by atoms with Gasteiger partial charge in [0.05, 0.1) is 0 Å². The van der Waals surface area contributed by atoms with Gasteiger partial charge in [-0.3, -0.25) is 4.79 Å². The molecule has 0 saturated heterocycles. The Bertz CT molecular complexity index is 393. The first kappa shape index (κ1) is 14.1. The monoisotopic (exact) mass is 258 g/mol. The fourth-order valence-electron chi connectivity index (χ4n) is 1.48. The highest BCUT2D eigenvalue weighted by atomic mass is 35.5. The zero-order chi connectivity index (χ0) is 12.8. The highest BCUT2D eigenvalue weighted by Gasteiger charge is 2.14. The number of rotatable bonds is 6. The Kier molecular flexibility index (Phi) is 5.59. The van der Waals surface area contributed by atoms with Crippen molar-refractivity contribution in [2.45, 2.75) is 19.8 Å². The molecular formula is C13H16ClFO2. The molecule has 0 N–H and O–H groups in total. The van der Waals surface area contributed by atoms with Crippen LogP contribution in [0.4, 0.5) is 4.39 Å². The van der Waals surface area contributed by atoms with Gasteiger partial charge in [-0.15, -0.1) is 0 Å². The number of halogens is 2. The van der Waals surface area contributed by atoms with E-state index in [-0.39, 0.29) is 18.1 Å². The number of Topliss-reactive ketones (excluding diaryl/α,β-unsaturated/α-hetero) is 1. The maximum atomic E-state index is 12.8. The van der Waals surface area contributed by atoms with Crippen LogP contribution in [0.15, 0.2) is 18.2 Å². The fraction of sp³-hybridized carbons (Fsp3) is 0.462. The van der Waals surface area contributed by atoms with Crippen LogP contribution in [-0.2, 0) is 16.0 Å². The number of hydrogen-bond acceptors (Lipinski definition) is 2. The summed E-state index contributed by atoms with van der Waals surface area (Å²) in [5.74, 6) is -0.370. The number of carbonyl (C=O) groups excluding carboxylic acids is 1. The lowest BCUT2D eigenvalue weighted by Gasteiger charge is -2.10. The summed E-state index contributed by atoms with van der Waals surface area (Å²) in [6.45, 7) is 2.42. The third-order valence-corrected chi connectivity index (χ3v) is 3.04. The Morgan fingerprint density at radius 2 is 2.24 bits per heavy atom. The first-order valence-electron chi connectivity index (χ1n) is 5.50. The minimum Gasteiger partial charge on any atom is -0.385 e. The average Bonchev–Trinajstić information content (AvgIpc) is 2.29. The van der Waals surface area contributed by atoms with Gasteiger partial charge in [-0.2, -0.15) is 0 Å². The summed E-state index contributed by atoms with van der Waals surface area (Å²) in [5, 5.41) is 0.303. The van der Waals surface area contributed by atoms with E-state index in [0.717, 1.165) is 0 Å². The van der Waals surface area contributed by atoms with Crippen molar-refractivity contribution in [2.75, 3.05) is 13.7 Å². The van der Waals surface area contributed by atoms with Crippen molar-refractivity contribution >= 4 is 17.4 Å². The van der Waals surface area contributed by atoms with Crippen LogP contribution >= 0.6 is 11.6 Å². The Morgan fingerprint density at radius 3 is 2.82 bits per heavy atom. The van der Waals surface area contributed by atoms with E-state index in [4.69, 9.17) is 16.3 Å². The normalized spacial score (nSPS) is 12.5. The fourth-order valence-corrected chi connectivity index (χ4v) is 1.72. The van der Waals surface area contributed by atoms with E-state index in [0.29, 0.717) is 23.6 Å². The predicted octanol–water partition coefficient (Wildman–Crippen LogP) is 3.26. The molecule has 0 aliphatic rings. The molecule has 94 valence electrons. The third kappa shape index (κ3) is 4.44. The lowest BCUT2D eigenvalue weighted by atomic mass is 9.97. The van der Waals surface area contributed by atoms with Crippen LogP contribution in [0.5, 0.6) is 0 Å². The van der Waals surface area contributed by atoms with Gasteiger partial charge in [0.1, 0.15) is 11.6 Å². The summed E-state index contributed by atoms with van der Waals surface area (Å²) in [6, 6.07) is 4.09. The van der Waals surface area contributed by atoms with Crippen molar-refractivity contribution in [3.8, 4) is 0 Å². The maximum Gasteiger partial charge on any atom is 0.140 e. The molecule has 1 atom stereocenters. The van der Waals surface area contributed by atoms with Gasteiger partial charge in [0.25, 0.3) is 0 Å². The molecule has 4 heteroatoms. The van der Waals surface area contributed by atoms with E-state index in [2.05, 4.69) is 0 Å². The number of carbonyl (C=O) groups is 1. The zero-order valence-electron chi connectivity index (χ0n) is 10.0. The molecule has 0 saturated carbocycles. The number of benzene rings is 1. The lowest BCUT2D eigenvalue weighted by Crippen LogP contribution is -2.15. The summed E-state index contributed by atoms with van der Waals surface area (Å²) in [6.07, 6.45) is 0.929. The average molecular weight is 259 g/mol. The van der Waals surface area contributed by atoms with E-state index >= 15 is 0 Å². The molecule has 0 bridgehead atoms. The highest BCUT2D eigenvalue weighted by molar-refractivity contribution is 6.31. The number of ketones is 1. The van der Waals surface area contributed by atoms with Gasteiger partial charge in [-0.05, 0) is 24.1 Å². The van der Waals surface area contributed by atoms with Crippen molar-refractivity contribution in [3.63, 3.8) is 0 Å². The largest absolute Gasteiger partial charge is 0.385 e. The molecule has 0 aliphatic carbocycles. The smallest absolute Gasteiger partial charge is 0.140 e. The molecule has 0 spiro atoms. The van der Waals surface area contributed by atoms with Gasteiger partial charge < -0.3 is 4.74 Å². The molecule has 1 rings (SSSR count). The van der Waals surface area contributed by atoms with Gasteiger partial charge in [-0.1, -0.05) is 24.6 Å². The van der Waals surface area contributed by atoms with Crippen LogP contribution in [0.3, 0.4) is 0 Å². The summed E-state index contributed by atoms with van der Waals surface area (Å²) >= 11 is 5.87. The van der Waals surface area contributed by atoms with Crippen LogP contribution in [0.2, 0.25) is 5.02 Å².